The molecule has 2 saturated heterocycles. The summed E-state index contributed by atoms with van der Waals surface area (Å²) >= 11 is 0. The molecule has 0 bridgehead atoms. The highest BCUT2D eigenvalue weighted by molar-refractivity contribution is 5.73. The second kappa shape index (κ2) is 28.5. The highest BCUT2D eigenvalue weighted by Crippen LogP contribution is 2.36. The zero-order valence-electron chi connectivity index (χ0n) is 42.3. The summed E-state index contributed by atoms with van der Waals surface area (Å²) in [6.07, 6.45) is -7.96. The minimum absolute atomic E-state index is 0.0687. The number of benzene rings is 7. The first-order valence-corrected chi connectivity index (χ1v) is 25.8. The zero-order valence-corrected chi connectivity index (χ0v) is 42.3. The van der Waals surface area contributed by atoms with E-state index < -0.39 is 61.3 Å². The van der Waals surface area contributed by atoms with E-state index in [9.17, 15) is 4.79 Å². The van der Waals surface area contributed by atoms with Gasteiger partial charge in [0.1, 0.15) is 48.8 Å². The number of amides is 1. The van der Waals surface area contributed by atoms with Crippen molar-refractivity contribution >= 4 is 5.91 Å². The van der Waals surface area contributed by atoms with Gasteiger partial charge in [0.25, 0.3) is 0 Å². The number of hydrogen-bond acceptors (Lipinski definition) is 11. The lowest BCUT2D eigenvalue weighted by atomic mass is 9.94. The summed E-state index contributed by atoms with van der Waals surface area (Å²) in [7, 11) is 0. The van der Waals surface area contributed by atoms with Crippen molar-refractivity contribution < 1.29 is 52.2 Å². The van der Waals surface area contributed by atoms with Gasteiger partial charge in [0.15, 0.2) is 12.6 Å². The van der Waals surface area contributed by atoms with E-state index >= 15 is 0 Å². The van der Waals surface area contributed by atoms with Crippen molar-refractivity contribution in [1.29, 1.82) is 0 Å². The maximum absolute atomic E-state index is 13.6. The fraction of sp³-hybridized carbons (Fsp3) is 0.317. The van der Waals surface area contributed by atoms with Crippen molar-refractivity contribution in [2.75, 3.05) is 13.2 Å². The number of ether oxygens (including phenoxy) is 10. The molecule has 75 heavy (non-hydrogen) atoms. The number of hydrogen-bond donors (Lipinski definition) is 1. The van der Waals surface area contributed by atoms with E-state index in [1.54, 1.807) is 0 Å². The van der Waals surface area contributed by atoms with Crippen LogP contribution in [0, 0.1) is 0 Å². The third kappa shape index (κ3) is 16.1. The van der Waals surface area contributed by atoms with Crippen LogP contribution in [0.15, 0.2) is 212 Å². The smallest absolute Gasteiger partial charge is 0.217 e. The number of carbonyl (C=O) groups is 1. The largest absolute Gasteiger partial charge is 0.374 e. The summed E-state index contributed by atoms with van der Waals surface area (Å²) in [5.41, 5.74) is 6.73. The van der Waals surface area contributed by atoms with Crippen LogP contribution in [0.1, 0.15) is 45.9 Å². The average molecular weight is 1010 g/mol. The first kappa shape index (κ1) is 53.4. The molecule has 7 aromatic carbocycles. The predicted molar refractivity (Wildman–Crippen MR) is 283 cm³/mol. The normalized spacial score (nSPS) is 23.6. The Morgan fingerprint density at radius 2 is 0.667 bits per heavy atom. The van der Waals surface area contributed by atoms with E-state index in [0.717, 1.165) is 38.9 Å². The summed E-state index contributed by atoms with van der Waals surface area (Å²) in [6.45, 7) is 3.37. The van der Waals surface area contributed by atoms with Crippen molar-refractivity contribution in [2.45, 2.75) is 115 Å². The second-order valence-electron chi connectivity index (χ2n) is 18.8. The van der Waals surface area contributed by atoms with Crippen LogP contribution in [0.5, 0.6) is 0 Å². The van der Waals surface area contributed by atoms with E-state index in [4.69, 9.17) is 47.4 Å². The lowest BCUT2D eigenvalue weighted by Gasteiger charge is -2.50. The molecule has 1 N–H and O–H groups in total. The molecule has 0 saturated carbocycles. The van der Waals surface area contributed by atoms with Crippen LogP contribution in [0.2, 0.25) is 0 Å². The first-order chi connectivity index (χ1) is 37.0. The molecule has 12 nitrogen and oxygen atoms in total. The molecular weight excluding hydrogens is 947 g/mol. The molecule has 2 fully saturated rings. The number of nitrogens with one attached hydrogen (secondary N) is 1. The molecule has 2 aliphatic heterocycles. The molecule has 7 aromatic rings. The van der Waals surface area contributed by atoms with E-state index in [1.165, 1.54) is 6.92 Å². The Kier molecular flexibility index (Phi) is 20.3. The second-order valence-corrected chi connectivity index (χ2v) is 18.8. The van der Waals surface area contributed by atoms with Gasteiger partial charge in [0.05, 0.1) is 59.5 Å². The molecule has 10 atom stereocenters. The monoisotopic (exact) mass is 1010 g/mol. The molecule has 0 aliphatic carbocycles. The van der Waals surface area contributed by atoms with Gasteiger partial charge in [-0.3, -0.25) is 4.79 Å². The molecule has 1 amide bonds. The van der Waals surface area contributed by atoms with Gasteiger partial charge >= 0.3 is 0 Å². The SMILES string of the molecule is CC(=O)N[C@H]1[C@H](O[C@H]2[C@H](OCc3ccccc3)[C@@H](OCc3ccccc3)[C@H](OCc3ccccc3)O[C@@H]2COCc2ccccc2)O[C@H](COCc2ccccc2)[C@@H](OCc2ccccc2)[C@@H]1OCc1ccccc1. The van der Waals surface area contributed by atoms with Gasteiger partial charge in [-0.15, -0.1) is 0 Å². The fourth-order valence-corrected chi connectivity index (χ4v) is 9.33. The Hall–Kier alpha value is -6.39. The lowest BCUT2D eigenvalue weighted by molar-refractivity contribution is -0.363. The van der Waals surface area contributed by atoms with Gasteiger partial charge in [-0.1, -0.05) is 212 Å². The van der Waals surface area contributed by atoms with Crippen molar-refractivity contribution in [1.82, 2.24) is 5.32 Å². The third-order valence-electron chi connectivity index (χ3n) is 13.1. The minimum Gasteiger partial charge on any atom is -0.374 e. The van der Waals surface area contributed by atoms with Crippen molar-refractivity contribution in [2.24, 2.45) is 0 Å². The minimum atomic E-state index is -1.18. The van der Waals surface area contributed by atoms with Gasteiger partial charge in [-0.05, 0) is 38.9 Å². The van der Waals surface area contributed by atoms with Crippen LogP contribution in [0.3, 0.4) is 0 Å². The van der Waals surface area contributed by atoms with Gasteiger partial charge in [0.2, 0.25) is 5.91 Å². The average Bonchev–Trinajstić information content (AvgIpc) is 3.45. The van der Waals surface area contributed by atoms with Crippen molar-refractivity contribution in [3.8, 4) is 0 Å². The van der Waals surface area contributed by atoms with E-state index in [-0.39, 0.29) is 52.2 Å². The van der Waals surface area contributed by atoms with Crippen LogP contribution < -0.4 is 5.32 Å². The van der Waals surface area contributed by atoms with Gasteiger partial charge < -0.3 is 52.7 Å². The van der Waals surface area contributed by atoms with Crippen LogP contribution in [0.25, 0.3) is 0 Å². The number of carbonyl (C=O) groups excluding carboxylic acids is 1. The lowest BCUT2D eigenvalue weighted by Crippen LogP contribution is -2.69. The molecule has 390 valence electrons. The number of rotatable bonds is 26. The molecule has 2 aliphatic rings. The highest BCUT2D eigenvalue weighted by atomic mass is 16.8. The first-order valence-electron chi connectivity index (χ1n) is 25.8. The van der Waals surface area contributed by atoms with Crippen LogP contribution >= 0.6 is 0 Å². The molecule has 0 radical (unpaired) electrons. The van der Waals surface area contributed by atoms with E-state index in [1.807, 2.05) is 212 Å². The maximum Gasteiger partial charge on any atom is 0.217 e. The molecule has 0 unspecified atom stereocenters. The molecule has 12 heteroatoms. The highest BCUT2D eigenvalue weighted by Gasteiger charge is 2.54. The summed E-state index contributed by atoms with van der Waals surface area (Å²) < 4.78 is 69.4. The Labute approximate surface area is 440 Å². The molecule has 2 heterocycles. The van der Waals surface area contributed by atoms with Gasteiger partial charge in [-0.2, -0.15) is 0 Å². The molecule has 0 aromatic heterocycles. The Bertz CT molecular complexity index is 2680. The predicted octanol–water partition coefficient (Wildman–Crippen LogP) is 10.3. The third-order valence-corrected chi connectivity index (χ3v) is 13.1. The topological polar surface area (TPSA) is 121 Å². The Morgan fingerprint density at radius 1 is 0.360 bits per heavy atom. The van der Waals surface area contributed by atoms with Crippen LogP contribution in [-0.2, 0) is 98.4 Å². The maximum atomic E-state index is 13.6. The van der Waals surface area contributed by atoms with Gasteiger partial charge in [-0.25, -0.2) is 0 Å². The summed E-state index contributed by atoms with van der Waals surface area (Å²) in [5.74, 6) is -0.316. The molecular formula is C63H67NO11. The van der Waals surface area contributed by atoms with Crippen molar-refractivity contribution in [3.63, 3.8) is 0 Å². The molecule has 9 rings (SSSR count). The van der Waals surface area contributed by atoms with E-state index in [0.29, 0.717) is 13.2 Å². The van der Waals surface area contributed by atoms with Gasteiger partial charge in [0, 0.05) is 6.92 Å². The quantitative estimate of drug-likeness (QED) is 0.0558. The standard InChI is InChI=1S/C63H67NO11/c1-46(65)64-56-59(69-40-50-29-15-5-16-30-50)57(68-39-49-27-13-4-14-28-49)54(44-66-37-47-23-9-2-10-24-47)73-62(56)75-58-55(45-67-38-48-25-11-3-12-26-48)74-63(72-43-53-35-21-8-22-36-53)61(71-42-52-33-19-7-20-34-52)60(58)70-41-51-31-17-6-18-32-51/h2-36,54-63H,37-45H2,1H3,(H,64,65)/t54-,55-,56-,57-,58-,59-,60+,61-,62+,63-/m1/s1. The summed E-state index contributed by atoms with van der Waals surface area (Å²) in [6, 6.07) is 68.7. The van der Waals surface area contributed by atoms with Crippen molar-refractivity contribution in [3.05, 3.63) is 251 Å². The van der Waals surface area contributed by atoms with Crippen LogP contribution in [0.4, 0.5) is 0 Å². The Balaban J connectivity index is 1.11. The zero-order chi connectivity index (χ0) is 51.3. The fourth-order valence-electron chi connectivity index (χ4n) is 9.33. The van der Waals surface area contributed by atoms with Crippen LogP contribution in [-0.4, -0.2) is 80.5 Å². The summed E-state index contributed by atoms with van der Waals surface area (Å²) in [4.78, 5) is 13.6. The Morgan fingerprint density at radius 3 is 1.05 bits per heavy atom. The van der Waals surface area contributed by atoms with E-state index in [2.05, 4.69) is 5.32 Å². The molecule has 0 spiro atoms. The summed E-state index contributed by atoms with van der Waals surface area (Å²) in [5, 5.41) is 3.19.